The highest BCUT2D eigenvalue weighted by atomic mass is 16.4. The van der Waals surface area contributed by atoms with Crippen molar-refractivity contribution in [1.29, 1.82) is 0 Å². The van der Waals surface area contributed by atoms with Crippen molar-refractivity contribution in [2.24, 2.45) is 11.7 Å². The lowest BCUT2D eigenvalue weighted by Crippen LogP contribution is -2.33. The zero-order valence-corrected chi connectivity index (χ0v) is 25.9. The molecule has 0 spiro atoms. The van der Waals surface area contributed by atoms with E-state index in [0.29, 0.717) is 41.7 Å². The van der Waals surface area contributed by atoms with Crippen molar-refractivity contribution in [1.82, 2.24) is 4.58 Å². The van der Waals surface area contributed by atoms with E-state index in [4.69, 9.17) is 10.2 Å². The Kier molecular flexibility index (Phi) is 9.81. The van der Waals surface area contributed by atoms with Crippen LogP contribution in [0.4, 0.5) is 5.69 Å². The number of nitrogens with zero attached hydrogens (tertiary/aromatic N) is 2. The summed E-state index contributed by atoms with van der Waals surface area (Å²) in [5.74, 6) is -0.613. The zero-order chi connectivity index (χ0) is 31.4. The van der Waals surface area contributed by atoms with Crippen molar-refractivity contribution >= 4 is 34.2 Å². The lowest BCUT2D eigenvalue weighted by molar-refractivity contribution is -0.123. The second kappa shape index (κ2) is 13.3. The number of carbonyl (C=O) groups is 3. The number of carboxylic acid groups (broad SMARTS) is 1. The van der Waals surface area contributed by atoms with Gasteiger partial charge >= 0.3 is 5.97 Å². The minimum atomic E-state index is -1.11. The summed E-state index contributed by atoms with van der Waals surface area (Å²) < 4.78 is 8.36. The van der Waals surface area contributed by atoms with Gasteiger partial charge in [0.15, 0.2) is 11.6 Å². The predicted molar refractivity (Wildman–Crippen MR) is 172 cm³/mol. The molecular weight excluding hydrogens is 542 g/mol. The van der Waals surface area contributed by atoms with Crippen molar-refractivity contribution < 1.29 is 23.9 Å². The summed E-state index contributed by atoms with van der Waals surface area (Å²) in [6, 6.07) is 16.2. The first-order chi connectivity index (χ1) is 20.4. The molecule has 0 aromatic heterocycles. The quantitative estimate of drug-likeness (QED) is 0.0951. The molecule has 43 heavy (non-hydrogen) atoms. The molecule has 8 nitrogen and oxygen atoms in total. The molecule has 2 aromatic carbocycles. The van der Waals surface area contributed by atoms with Gasteiger partial charge in [-0.2, -0.15) is 0 Å². The Morgan fingerprint density at radius 3 is 2.30 bits per heavy atom. The molecule has 2 aliphatic rings. The standard InChI is InChI=1S/C35H41N3O5/c1-21(2)34(40)29(36)10-8-7-9-11-30(39)22-12-15-25(28(18-22)35(41)42)33-26-16-13-23(37(3)4)19-31(26)43-32-20-24(38(5)6)14-17-27(32)33/h12-21,29H,7-11,36H2,1-6H3/p+1/t29-/m1/s1. The van der Waals surface area contributed by atoms with Gasteiger partial charge in [-0.1, -0.05) is 38.8 Å². The minimum Gasteiger partial charge on any atom is -0.478 e. The first-order valence-electron chi connectivity index (χ1n) is 14.8. The van der Waals surface area contributed by atoms with E-state index in [1.54, 1.807) is 12.1 Å². The molecule has 4 rings (SSSR count). The third-order valence-electron chi connectivity index (χ3n) is 7.92. The van der Waals surface area contributed by atoms with E-state index in [-0.39, 0.29) is 23.0 Å². The number of rotatable bonds is 12. The van der Waals surface area contributed by atoms with Crippen LogP contribution in [0.1, 0.15) is 66.7 Å². The molecule has 0 bridgehead atoms. The molecule has 0 saturated carbocycles. The second-order valence-corrected chi connectivity index (χ2v) is 11.9. The van der Waals surface area contributed by atoms with E-state index in [0.717, 1.165) is 40.4 Å². The van der Waals surface area contributed by atoms with Crippen molar-refractivity contribution in [3.8, 4) is 22.5 Å². The number of hydrogen-bond acceptors (Lipinski definition) is 6. The largest absolute Gasteiger partial charge is 0.478 e. The number of anilines is 1. The zero-order valence-electron chi connectivity index (χ0n) is 25.9. The molecular formula is C35H42N3O5+. The smallest absolute Gasteiger partial charge is 0.336 e. The maximum Gasteiger partial charge on any atom is 0.336 e. The van der Waals surface area contributed by atoms with E-state index in [2.05, 4.69) is 0 Å². The lowest BCUT2D eigenvalue weighted by atomic mass is 9.89. The van der Waals surface area contributed by atoms with Crippen LogP contribution in [0.2, 0.25) is 0 Å². The van der Waals surface area contributed by atoms with E-state index < -0.39 is 12.0 Å². The first-order valence-corrected chi connectivity index (χ1v) is 14.8. The van der Waals surface area contributed by atoms with Gasteiger partial charge in [0, 0.05) is 66.3 Å². The molecule has 1 atom stereocenters. The molecule has 0 saturated heterocycles. The minimum absolute atomic E-state index is 0.0568. The number of benzene rings is 3. The Bertz CT molecular complexity index is 1710. The van der Waals surface area contributed by atoms with E-state index in [1.165, 1.54) is 6.07 Å². The fourth-order valence-corrected chi connectivity index (χ4v) is 5.37. The van der Waals surface area contributed by atoms with E-state index in [1.807, 2.05) is 87.9 Å². The summed E-state index contributed by atoms with van der Waals surface area (Å²) >= 11 is 0. The number of ketones is 2. The van der Waals surface area contributed by atoms with Gasteiger partial charge in [0.1, 0.15) is 25.4 Å². The van der Waals surface area contributed by atoms with Crippen LogP contribution in [-0.4, -0.2) is 56.9 Å². The first kappa shape index (κ1) is 31.6. The highest BCUT2D eigenvalue weighted by molar-refractivity contribution is 6.09. The number of carbonyl (C=O) groups excluding carboxylic acids is 2. The number of fused-ring (bicyclic) bond motifs is 2. The molecule has 0 unspecified atom stereocenters. The topological polar surface area (TPSA) is 117 Å². The number of unbranched alkanes of at least 4 members (excludes halogenated alkanes) is 2. The van der Waals surface area contributed by atoms with Gasteiger partial charge in [-0.25, -0.2) is 9.37 Å². The Labute approximate surface area is 252 Å². The molecule has 1 aliphatic carbocycles. The van der Waals surface area contributed by atoms with Crippen LogP contribution < -0.4 is 20.6 Å². The van der Waals surface area contributed by atoms with Crippen molar-refractivity contribution in [2.45, 2.75) is 52.0 Å². The van der Waals surface area contributed by atoms with Gasteiger partial charge in [-0.05, 0) is 42.7 Å². The van der Waals surface area contributed by atoms with Crippen LogP contribution in [-0.2, 0) is 4.79 Å². The average molecular weight is 585 g/mol. The van der Waals surface area contributed by atoms with Gasteiger partial charge in [0.2, 0.25) is 5.36 Å². The summed E-state index contributed by atoms with van der Waals surface area (Å²) in [5.41, 5.74) is 10.1. The van der Waals surface area contributed by atoms with Gasteiger partial charge < -0.3 is 20.2 Å². The molecule has 8 heteroatoms. The third kappa shape index (κ3) is 7.03. The maximum absolute atomic E-state index is 13.1. The molecule has 1 aliphatic heterocycles. The Morgan fingerprint density at radius 2 is 1.65 bits per heavy atom. The van der Waals surface area contributed by atoms with Crippen LogP contribution in [0.25, 0.3) is 33.4 Å². The highest BCUT2D eigenvalue weighted by Crippen LogP contribution is 2.42. The number of hydrogen-bond donors (Lipinski definition) is 2. The van der Waals surface area contributed by atoms with Crippen molar-refractivity contribution in [3.63, 3.8) is 0 Å². The van der Waals surface area contributed by atoms with Gasteiger partial charge in [-0.3, -0.25) is 9.59 Å². The van der Waals surface area contributed by atoms with Crippen molar-refractivity contribution in [3.05, 3.63) is 71.1 Å². The highest BCUT2D eigenvalue weighted by Gasteiger charge is 2.24. The molecule has 226 valence electrons. The lowest BCUT2D eigenvalue weighted by Gasteiger charge is -2.19. The Morgan fingerprint density at radius 1 is 0.930 bits per heavy atom. The summed E-state index contributed by atoms with van der Waals surface area (Å²) in [6.45, 7) is 3.69. The summed E-state index contributed by atoms with van der Waals surface area (Å²) in [4.78, 5) is 39.7. The van der Waals surface area contributed by atoms with Crippen LogP contribution in [0.5, 0.6) is 0 Å². The Balaban J connectivity index is 1.69. The molecule has 1 heterocycles. The SMILES string of the molecule is CC(C)C(=O)[C@H](N)CCCCCC(=O)c1ccc(-c2c3ccc(=[N+](C)C)cc-3oc3cc(N(C)C)ccc23)c(C(=O)O)c1. The van der Waals surface area contributed by atoms with Gasteiger partial charge in [-0.15, -0.1) is 0 Å². The van der Waals surface area contributed by atoms with E-state index >= 15 is 0 Å². The van der Waals surface area contributed by atoms with Crippen LogP contribution in [0.15, 0.2) is 59.0 Å². The normalized spacial score (nSPS) is 12.1. The monoisotopic (exact) mass is 584 g/mol. The molecule has 0 amide bonds. The fraction of sp³-hybridized carbons (Fsp3) is 0.371. The molecule has 0 fully saturated rings. The number of nitrogens with two attached hydrogens (primary N) is 1. The van der Waals surface area contributed by atoms with Crippen molar-refractivity contribution in [2.75, 3.05) is 33.1 Å². The fourth-order valence-electron chi connectivity index (χ4n) is 5.37. The number of aromatic carboxylic acids is 1. The molecule has 2 aromatic rings. The number of Topliss-reactive ketones (excluding diaryl/α,β-unsaturated/α-hetero) is 2. The van der Waals surface area contributed by atoms with Crippen LogP contribution >= 0.6 is 0 Å². The number of carboxylic acids is 1. The maximum atomic E-state index is 13.1. The molecule has 0 radical (unpaired) electrons. The summed E-state index contributed by atoms with van der Waals surface area (Å²) in [6.07, 6.45) is 3.06. The van der Waals surface area contributed by atoms with E-state index in [9.17, 15) is 19.5 Å². The second-order valence-electron chi connectivity index (χ2n) is 11.9. The third-order valence-corrected chi connectivity index (χ3v) is 7.92. The Hall–Kier alpha value is -4.30. The van der Waals surface area contributed by atoms with Gasteiger partial charge in [0.25, 0.3) is 0 Å². The summed E-state index contributed by atoms with van der Waals surface area (Å²) in [7, 11) is 7.81. The predicted octanol–water partition coefficient (Wildman–Crippen LogP) is 5.69. The average Bonchev–Trinajstić information content (AvgIpc) is 2.97. The van der Waals surface area contributed by atoms with Crippen LogP contribution in [0.3, 0.4) is 0 Å². The molecule has 3 N–H and O–H groups in total. The summed E-state index contributed by atoms with van der Waals surface area (Å²) in [5, 5.41) is 12.0. The van der Waals surface area contributed by atoms with Gasteiger partial charge in [0.05, 0.1) is 17.7 Å². The van der Waals surface area contributed by atoms with Crippen LogP contribution in [0, 0.1) is 5.92 Å².